The van der Waals surface area contributed by atoms with E-state index >= 15 is 0 Å². The quantitative estimate of drug-likeness (QED) is 0.572. The van der Waals surface area contributed by atoms with Crippen LogP contribution in [0.1, 0.15) is 22.3 Å². The van der Waals surface area contributed by atoms with Gasteiger partial charge in [-0.2, -0.15) is 0 Å². The highest BCUT2D eigenvalue weighted by Gasteiger charge is 2.20. The molecule has 2 aliphatic heterocycles. The number of fused-ring (bicyclic) bond motifs is 2. The van der Waals surface area contributed by atoms with Crippen LogP contribution in [0.2, 0.25) is 0 Å². The Kier molecular flexibility index (Phi) is 5.69. The second-order valence-electron chi connectivity index (χ2n) is 8.33. The molecule has 0 aliphatic carbocycles. The molecular weight excluding hydrogens is 420 g/mol. The van der Waals surface area contributed by atoms with Crippen molar-refractivity contribution in [2.75, 3.05) is 18.9 Å². The molecule has 0 unspecified atom stereocenters. The van der Waals surface area contributed by atoms with Gasteiger partial charge < -0.3 is 29.6 Å². The summed E-state index contributed by atoms with van der Waals surface area (Å²) < 4.78 is 21.9. The first-order chi connectivity index (χ1) is 16.0. The number of urea groups is 1. The predicted octanol–water partition coefficient (Wildman–Crippen LogP) is 4.74. The van der Waals surface area contributed by atoms with Crippen LogP contribution in [0.25, 0.3) is 0 Å². The number of nitrogens with one attached hydrogen (secondary N) is 2. The number of hydrogen-bond acceptors (Lipinski definition) is 5. The van der Waals surface area contributed by atoms with Crippen LogP contribution in [0.15, 0.2) is 54.6 Å². The highest BCUT2D eigenvalue weighted by Crippen LogP contribution is 2.34. The Labute approximate surface area is 192 Å². The first kappa shape index (κ1) is 21.0. The fraction of sp³-hybridized carbons (Fsp3) is 0.269. The molecule has 5 rings (SSSR count). The van der Waals surface area contributed by atoms with Gasteiger partial charge in [-0.1, -0.05) is 24.3 Å². The van der Waals surface area contributed by atoms with Gasteiger partial charge in [-0.25, -0.2) is 4.79 Å². The summed E-state index contributed by atoms with van der Waals surface area (Å²) >= 11 is 0. The average molecular weight is 447 g/mol. The molecule has 2 N–H and O–H groups in total. The largest absolute Gasteiger partial charge is 0.454 e. The van der Waals surface area contributed by atoms with Crippen molar-refractivity contribution < 1.29 is 23.7 Å². The summed E-state index contributed by atoms with van der Waals surface area (Å²) in [6.07, 6.45) is 1.26. The Balaban J connectivity index is 1.34. The number of ether oxygens (including phenoxy) is 4. The second kappa shape index (κ2) is 8.94. The molecule has 0 bridgehead atoms. The zero-order valence-corrected chi connectivity index (χ0v) is 18.6. The fourth-order valence-electron chi connectivity index (χ4n) is 4.11. The van der Waals surface area contributed by atoms with Crippen molar-refractivity contribution in [1.29, 1.82) is 0 Å². The van der Waals surface area contributed by atoms with E-state index in [1.54, 1.807) is 0 Å². The second-order valence-corrected chi connectivity index (χ2v) is 8.33. The van der Waals surface area contributed by atoms with Crippen LogP contribution in [0.3, 0.4) is 0 Å². The van der Waals surface area contributed by atoms with Crippen molar-refractivity contribution >= 4 is 11.7 Å². The minimum atomic E-state index is -0.241. The highest BCUT2D eigenvalue weighted by atomic mass is 16.7. The summed E-state index contributed by atoms with van der Waals surface area (Å²) in [4.78, 5) is 12.9. The van der Waals surface area contributed by atoms with Crippen LogP contribution in [-0.4, -0.2) is 25.7 Å². The van der Waals surface area contributed by atoms with Crippen LogP contribution in [0.4, 0.5) is 10.5 Å². The molecule has 2 amide bonds. The number of benzene rings is 3. The molecular formula is C26H26N2O5. The normalized spacial score (nSPS) is 13.3. The average Bonchev–Trinajstić information content (AvgIpc) is 3.45. The molecule has 0 saturated heterocycles. The molecule has 7 nitrogen and oxygen atoms in total. The summed E-state index contributed by atoms with van der Waals surface area (Å²) in [5.41, 5.74) is 5.09. The first-order valence-electron chi connectivity index (χ1n) is 11.0. The van der Waals surface area contributed by atoms with Crippen LogP contribution < -0.4 is 29.6 Å². The number of carbonyl (C=O) groups is 1. The zero-order chi connectivity index (χ0) is 22.8. The van der Waals surface area contributed by atoms with Crippen molar-refractivity contribution in [3.8, 4) is 23.0 Å². The van der Waals surface area contributed by atoms with E-state index in [4.69, 9.17) is 18.9 Å². The Morgan fingerprint density at radius 1 is 0.818 bits per heavy atom. The Bertz CT molecular complexity index is 1130. The van der Waals surface area contributed by atoms with E-state index in [0.717, 1.165) is 50.9 Å². The summed E-state index contributed by atoms with van der Waals surface area (Å²) in [5, 5.41) is 6.15. The maximum absolute atomic E-state index is 12.9. The molecule has 0 fully saturated rings. The van der Waals surface area contributed by atoms with Crippen molar-refractivity contribution in [1.82, 2.24) is 5.32 Å². The third-order valence-corrected chi connectivity index (χ3v) is 6.03. The predicted molar refractivity (Wildman–Crippen MR) is 124 cm³/mol. The summed E-state index contributed by atoms with van der Waals surface area (Å²) in [5.74, 6) is 2.95. The van der Waals surface area contributed by atoms with Crippen LogP contribution >= 0.6 is 0 Å². The monoisotopic (exact) mass is 446 g/mol. The van der Waals surface area contributed by atoms with Gasteiger partial charge >= 0.3 is 6.03 Å². The number of anilines is 1. The van der Waals surface area contributed by atoms with E-state index < -0.39 is 0 Å². The lowest BCUT2D eigenvalue weighted by Crippen LogP contribution is -2.40. The molecule has 0 atom stereocenters. The van der Waals surface area contributed by atoms with E-state index in [2.05, 4.69) is 10.6 Å². The molecule has 0 radical (unpaired) electrons. The number of carbonyl (C=O) groups excluding carboxylic acids is 1. The molecule has 0 saturated carbocycles. The maximum Gasteiger partial charge on any atom is 0.319 e. The molecule has 7 heteroatoms. The minimum Gasteiger partial charge on any atom is -0.454 e. The number of aryl methyl sites for hydroxylation is 1. The molecule has 2 aliphatic rings. The van der Waals surface area contributed by atoms with Crippen LogP contribution in [0.5, 0.6) is 23.0 Å². The number of hydrogen-bond donors (Lipinski definition) is 2. The van der Waals surface area contributed by atoms with Gasteiger partial charge in [-0.15, -0.1) is 0 Å². The van der Waals surface area contributed by atoms with Gasteiger partial charge in [0.15, 0.2) is 23.0 Å². The molecule has 0 aromatic heterocycles. The van der Waals surface area contributed by atoms with E-state index in [0.29, 0.717) is 12.8 Å². The van der Waals surface area contributed by atoms with E-state index in [-0.39, 0.29) is 25.7 Å². The Morgan fingerprint density at radius 3 is 2.00 bits per heavy atom. The fourth-order valence-corrected chi connectivity index (χ4v) is 4.11. The summed E-state index contributed by atoms with van der Waals surface area (Å²) in [7, 11) is 0. The van der Waals surface area contributed by atoms with Crippen LogP contribution in [0, 0.1) is 13.8 Å². The highest BCUT2D eigenvalue weighted by molar-refractivity contribution is 5.90. The Morgan fingerprint density at radius 2 is 1.39 bits per heavy atom. The maximum atomic E-state index is 12.9. The van der Waals surface area contributed by atoms with E-state index in [9.17, 15) is 4.79 Å². The van der Waals surface area contributed by atoms with Crippen molar-refractivity contribution in [2.24, 2.45) is 0 Å². The topological polar surface area (TPSA) is 78.1 Å². The smallest absolute Gasteiger partial charge is 0.319 e. The molecule has 3 aromatic rings. The number of rotatable bonds is 6. The minimum absolute atomic E-state index is 0.157. The number of amides is 2. The van der Waals surface area contributed by atoms with E-state index in [1.165, 1.54) is 0 Å². The Hall–Kier alpha value is -3.87. The van der Waals surface area contributed by atoms with Gasteiger partial charge in [-0.3, -0.25) is 0 Å². The molecule has 0 spiro atoms. The van der Waals surface area contributed by atoms with Gasteiger partial charge in [0.2, 0.25) is 13.6 Å². The third kappa shape index (κ3) is 4.67. The third-order valence-electron chi connectivity index (χ3n) is 6.03. The first-order valence-corrected chi connectivity index (χ1v) is 11.0. The van der Waals surface area contributed by atoms with Crippen molar-refractivity contribution in [3.05, 3.63) is 76.9 Å². The van der Waals surface area contributed by atoms with Gasteiger partial charge in [-0.05, 0) is 79.3 Å². The van der Waals surface area contributed by atoms with Gasteiger partial charge in [0.1, 0.15) is 0 Å². The summed E-state index contributed by atoms with van der Waals surface area (Å²) in [6.45, 7) is 4.49. The molecule has 3 aromatic carbocycles. The molecule has 2 heterocycles. The van der Waals surface area contributed by atoms with Gasteiger partial charge in [0, 0.05) is 11.7 Å². The summed E-state index contributed by atoms with van der Waals surface area (Å²) in [6, 6.07) is 17.2. The SMILES string of the molecule is Cc1cccc(NC(=O)NC(Cc2ccc3c(c2)OCO3)Cc2ccc3c(c2)OCO3)c1C. The molecule has 170 valence electrons. The van der Waals surface area contributed by atoms with E-state index in [1.807, 2.05) is 68.4 Å². The zero-order valence-electron chi connectivity index (χ0n) is 18.6. The lowest BCUT2D eigenvalue weighted by Gasteiger charge is -2.21. The van der Waals surface area contributed by atoms with Gasteiger partial charge in [0.05, 0.1) is 0 Å². The standard InChI is InChI=1S/C26H26N2O5/c1-16-4-3-5-21(17(16)2)28-26(29)27-20(10-18-6-8-22-24(12-18)32-14-30-22)11-19-7-9-23-25(13-19)33-15-31-23/h3-9,12-13,20H,10-11,14-15H2,1-2H3,(H2,27,28,29). The lowest BCUT2D eigenvalue weighted by molar-refractivity contribution is 0.173. The van der Waals surface area contributed by atoms with Crippen LogP contribution in [-0.2, 0) is 12.8 Å². The molecule has 33 heavy (non-hydrogen) atoms. The van der Waals surface area contributed by atoms with Crippen molar-refractivity contribution in [3.63, 3.8) is 0 Å². The van der Waals surface area contributed by atoms with Crippen molar-refractivity contribution in [2.45, 2.75) is 32.7 Å². The van der Waals surface area contributed by atoms with Gasteiger partial charge in [0.25, 0.3) is 0 Å². The lowest BCUT2D eigenvalue weighted by atomic mass is 9.98.